The number of aryl methyl sites for hydroxylation is 1. The van der Waals surface area contributed by atoms with Gasteiger partial charge in [0.1, 0.15) is 5.75 Å². The molecule has 0 heterocycles. The van der Waals surface area contributed by atoms with Crippen molar-refractivity contribution < 1.29 is 14.3 Å². The van der Waals surface area contributed by atoms with Crippen molar-refractivity contribution >= 4 is 17.5 Å². The minimum atomic E-state index is -0.386. The molecule has 2 aromatic rings. The number of primary amides is 1. The van der Waals surface area contributed by atoms with E-state index in [0.717, 1.165) is 11.1 Å². The lowest BCUT2D eigenvalue weighted by atomic mass is 10.1. The molecule has 2 aromatic carbocycles. The Labute approximate surface area is 129 Å². The molecule has 0 saturated heterocycles. The number of nitrogens with one attached hydrogen (secondary N) is 1. The van der Waals surface area contributed by atoms with Gasteiger partial charge in [-0.15, -0.1) is 0 Å². The summed E-state index contributed by atoms with van der Waals surface area (Å²) in [6, 6.07) is 14.5. The number of carbonyl (C=O) groups excluding carboxylic acids is 2. The van der Waals surface area contributed by atoms with Crippen LogP contribution in [-0.4, -0.2) is 18.4 Å². The van der Waals surface area contributed by atoms with Crippen molar-refractivity contribution in [1.29, 1.82) is 0 Å². The minimum Gasteiger partial charge on any atom is -0.483 e. The zero-order valence-electron chi connectivity index (χ0n) is 12.3. The van der Waals surface area contributed by atoms with Gasteiger partial charge in [-0.25, -0.2) is 0 Å². The summed E-state index contributed by atoms with van der Waals surface area (Å²) in [5.74, 6) is 0.0591. The Morgan fingerprint density at radius 3 is 2.41 bits per heavy atom. The van der Waals surface area contributed by atoms with Crippen molar-refractivity contribution in [3.05, 3.63) is 59.7 Å². The van der Waals surface area contributed by atoms with Gasteiger partial charge in [-0.1, -0.05) is 30.3 Å². The zero-order valence-corrected chi connectivity index (χ0v) is 12.3. The normalized spacial score (nSPS) is 10.0. The Kier molecular flexibility index (Phi) is 5.14. The molecule has 114 valence electrons. The van der Waals surface area contributed by atoms with Gasteiger partial charge in [0.2, 0.25) is 5.91 Å². The first-order valence-corrected chi connectivity index (χ1v) is 6.90. The summed E-state index contributed by atoms with van der Waals surface area (Å²) in [5, 5.41) is 2.73. The molecule has 0 aliphatic carbocycles. The average molecular weight is 298 g/mol. The third kappa shape index (κ3) is 4.63. The van der Waals surface area contributed by atoms with E-state index in [1.807, 2.05) is 31.2 Å². The summed E-state index contributed by atoms with van der Waals surface area (Å²) in [5.41, 5.74) is 7.56. The van der Waals surface area contributed by atoms with Crippen molar-refractivity contribution in [3.63, 3.8) is 0 Å². The predicted molar refractivity (Wildman–Crippen MR) is 84.6 cm³/mol. The molecule has 0 aliphatic rings. The van der Waals surface area contributed by atoms with Gasteiger partial charge in [-0.3, -0.25) is 9.59 Å². The molecular formula is C17H18N2O3. The molecule has 0 saturated carbocycles. The number of hydrogen-bond acceptors (Lipinski definition) is 3. The average Bonchev–Trinajstić information content (AvgIpc) is 2.48. The highest BCUT2D eigenvalue weighted by atomic mass is 16.5. The molecule has 0 aromatic heterocycles. The number of rotatable bonds is 6. The first kappa shape index (κ1) is 15.6. The SMILES string of the molecule is Cc1ccccc1OCC(=O)Nc1ccc(CC(N)=O)cc1. The summed E-state index contributed by atoms with van der Waals surface area (Å²) in [7, 11) is 0. The Bertz CT molecular complexity index is 666. The first-order chi connectivity index (χ1) is 10.5. The lowest BCUT2D eigenvalue weighted by Crippen LogP contribution is -2.20. The second-order valence-electron chi connectivity index (χ2n) is 4.94. The topological polar surface area (TPSA) is 81.4 Å². The second-order valence-corrected chi connectivity index (χ2v) is 4.94. The highest BCUT2D eigenvalue weighted by Gasteiger charge is 2.05. The lowest BCUT2D eigenvalue weighted by Gasteiger charge is -2.09. The molecule has 0 atom stereocenters. The number of amides is 2. The van der Waals surface area contributed by atoms with Gasteiger partial charge in [0.25, 0.3) is 5.91 Å². The number of anilines is 1. The number of para-hydroxylation sites is 1. The standard InChI is InChI=1S/C17H18N2O3/c1-12-4-2-3-5-15(12)22-11-17(21)19-14-8-6-13(7-9-14)10-16(18)20/h2-9H,10-11H2,1H3,(H2,18,20)(H,19,21). The van der Waals surface area contributed by atoms with Crippen LogP contribution in [0, 0.1) is 6.92 Å². The van der Waals surface area contributed by atoms with Crippen LogP contribution >= 0.6 is 0 Å². The van der Waals surface area contributed by atoms with Crippen LogP contribution in [-0.2, 0) is 16.0 Å². The Morgan fingerprint density at radius 1 is 1.09 bits per heavy atom. The summed E-state index contributed by atoms with van der Waals surface area (Å²) in [4.78, 5) is 22.7. The smallest absolute Gasteiger partial charge is 0.262 e. The summed E-state index contributed by atoms with van der Waals surface area (Å²) < 4.78 is 5.47. The van der Waals surface area contributed by atoms with Gasteiger partial charge < -0.3 is 15.8 Å². The fourth-order valence-corrected chi connectivity index (χ4v) is 1.97. The van der Waals surface area contributed by atoms with Crippen molar-refractivity contribution in [3.8, 4) is 5.75 Å². The van der Waals surface area contributed by atoms with Gasteiger partial charge in [0, 0.05) is 5.69 Å². The molecular weight excluding hydrogens is 280 g/mol. The number of benzene rings is 2. The minimum absolute atomic E-state index is 0.0616. The second kappa shape index (κ2) is 7.26. The van der Waals surface area contributed by atoms with E-state index in [-0.39, 0.29) is 24.8 Å². The van der Waals surface area contributed by atoms with Crippen molar-refractivity contribution in [2.24, 2.45) is 5.73 Å². The molecule has 2 rings (SSSR count). The van der Waals surface area contributed by atoms with Crippen LogP contribution in [0.4, 0.5) is 5.69 Å². The van der Waals surface area contributed by atoms with E-state index in [4.69, 9.17) is 10.5 Å². The van der Waals surface area contributed by atoms with Crippen molar-refractivity contribution in [1.82, 2.24) is 0 Å². The summed E-state index contributed by atoms with van der Waals surface area (Å²) in [6.07, 6.45) is 0.185. The fourth-order valence-electron chi connectivity index (χ4n) is 1.97. The molecule has 5 nitrogen and oxygen atoms in total. The van der Waals surface area contributed by atoms with Crippen molar-refractivity contribution in [2.75, 3.05) is 11.9 Å². The molecule has 0 bridgehead atoms. The lowest BCUT2D eigenvalue weighted by molar-refractivity contribution is -0.118. The third-order valence-corrected chi connectivity index (χ3v) is 3.07. The number of nitrogens with two attached hydrogens (primary N) is 1. The molecule has 22 heavy (non-hydrogen) atoms. The maximum Gasteiger partial charge on any atom is 0.262 e. The van der Waals surface area contributed by atoms with Crippen LogP contribution in [0.15, 0.2) is 48.5 Å². The number of ether oxygens (including phenoxy) is 1. The molecule has 0 fully saturated rings. The van der Waals surface area contributed by atoms with Gasteiger partial charge in [0.15, 0.2) is 6.61 Å². The fraction of sp³-hybridized carbons (Fsp3) is 0.176. The Morgan fingerprint density at radius 2 is 1.77 bits per heavy atom. The summed E-state index contributed by atoms with van der Waals surface area (Å²) in [6.45, 7) is 1.86. The summed E-state index contributed by atoms with van der Waals surface area (Å²) >= 11 is 0. The van der Waals surface area contributed by atoms with E-state index in [1.54, 1.807) is 24.3 Å². The third-order valence-electron chi connectivity index (χ3n) is 3.07. The molecule has 0 unspecified atom stereocenters. The van der Waals surface area contributed by atoms with E-state index >= 15 is 0 Å². The number of carbonyl (C=O) groups is 2. The van der Waals surface area contributed by atoms with Crippen LogP contribution in [0.2, 0.25) is 0 Å². The van der Waals surface area contributed by atoms with E-state index in [0.29, 0.717) is 11.4 Å². The Balaban J connectivity index is 1.87. The van der Waals surface area contributed by atoms with Gasteiger partial charge >= 0.3 is 0 Å². The van der Waals surface area contributed by atoms with Gasteiger partial charge in [-0.05, 0) is 36.2 Å². The molecule has 5 heteroatoms. The Hall–Kier alpha value is -2.82. The van der Waals surface area contributed by atoms with E-state index < -0.39 is 0 Å². The maximum absolute atomic E-state index is 11.8. The quantitative estimate of drug-likeness (QED) is 0.856. The molecule has 0 radical (unpaired) electrons. The van der Waals surface area contributed by atoms with Crippen LogP contribution in [0.1, 0.15) is 11.1 Å². The number of hydrogen-bond donors (Lipinski definition) is 2. The van der Waals surface area contributed by atoms with E-state index in [9.17, 15) is 9.59 Å². The van der Waals surface area contributed by atoms with Gasteiger partial charge in [-0.2, -0.15) is 0 Å². The zero-order chi connectivity index (χ0) is 15.9. The van der Waals surface area contributed by atoms with Crippen molar-refractivity contribution in [2.45, 2.75) is 13.3 Å². The maximum atomic E-state index is 11.8. The molecule has 0 aliphatic heterocycles. The molecule has 0 spiro atoms. The van der Waals surface area contributed by atoms with Crippen LogP contribution in [0.3, 0.4) is 0 Å². The van der Waals surface area contributed by atoms with Gasteiger partial charge in [0.05, 0.1) is 6.42 Å². The van der Waals surface area contributed by atoms with Crippen LogP contribution < -0.4 is 15.8 Å². The molecule has 3 N–H and O–H groups in total. The van der Waals surface area contributed by atoms with E-state index in [1.165, 1.54) is 0 Å². The van der Waals surface area contributed by atoms with Crippen LogP contribution in [0.25, 0.3) is 0 Å². The first-order valence-electron chi connectivity index (χ1n) is 6.90. The highest BCUT2D eigenvalue weighted by molar-refractivity contribution is 5.92. The van der Waals surface area contributed by atoms with E-state index in [2.05, 4.69) is 5.32 Å². The monoisotopic (exact) mass is 298 g/mol. The largest absolute Gasteiger partial charge is 0.483 e. The van der Waals surface area contributed by atoms with Crippen LogP contribution in [0.5, 0.6) is 5.75 Å². The predicted octanol–water partition coefficient (Wildman–Crippen LogP) is 2.04. The highest BCUT2D eigenvalue weighted by Crippen LogP contribution is 2.16. The molecule has 2 amide bonds.